The molecule has 6 nitrogen and oxygen atoms in total. The van der Waals surface area contributed by atoms with Crippen LogP contribution in [0.15, 0.2) is 52.5 Å². The summed E-state index contributed by atoms with van der Waals surface area (Å²) in [4.78, 5) is 8.07. The number of hydrogen-bond acceptors (Lipinski definition) is 3. The minimum Gasteiger partial charge on any atom is -0.361 e. The van der Waals surface area contributed by atoms with Gasteiger partial charge < -0.3 is 15.6 Å². The molecule has 0 aliphatic carbocycles. The molecule has 0 atom stereocenters. The molecule has 3 N–H and O–H groups in total. The average Bonchev–Trinajstić information content (AvgIpc) is 3.12. The van der Waals surface area contributed by atoms with E-state index in [1.54, 1.807) is 13.1 Å². The van der Waals surface area contributed by atoms with Crippen LogP contribution in [0.4, 0.5) is 0 Å². The minimum atomic E-state index is -3.20. The van der Waals surface area contributed by atoms with Crippen molar-refractivity contribution in [1.82, 2.24) is 15.6 Å². The van der Waals surface area contributed by atoms with Crippen LogP contribution in [0.1, 0.15) is 29.2 Å². The number of H-pyrrole nitrogens is 1. The number of aliphatic imine (C=N–C) groups is 1. The van der Waals surface area contributed by atoms with Crippen LogP contribution in [-0.4, -0.2) is 39.2 Å². The summed E-state index contributed by atoms with van der Waals surface area (Å²) in [6.07, 6.45) is 5.22. The second-order valence-corrected chi connectivity index (χ2v) is 9.47. The van der Waals surface area contributed by atoms with E-state index >= 15 is 0 Å². The standard InChI is InChI=1S/C23H30N4O2S/c1-5-18-7-6-8-20-19(15-26-22(18)20)11-12-25-23(24-3)27-14-17-9-10-21(16(2)13-17)30(4,28)29/h6-10,13,15,26H,5,11-12,14H2,1-4H3,(H2,24,25,27). The number of rotatable bonds is 7. The van der Waals surface area contributed by atoms with E-state index in [4.69, 9.17) is 0 Å². The number of aromatic nitrogens is 1. The van der Waals surface area contributed by atoms with Crippen molar-refractivity contribution in [3.63, 3.8) is 0 Å². The van der Waals surface area contributed by atoms with E-state index in [0.717, 1.165) is 30.5 Å². The van der Waals surface area contributed by atoms with Crippen molar-refractivity contribution >= 4 is 26.7 Å². The Morgan fingerprint density at radius 1 is 1.13 bits per heavy atom. The zero-order valence-electron chi connectivity index (χ0n) is 18.0. The molecule has 0 aliphatic heterocycles. The summed E-state index contributed by atoms with van der Waals surface area (Å²) < 4.78 is 23.5. The Kier molecular flexibility index (Phi) is 6.82. The van der Waals surface area contributed by atoms with Crippen LogP contribution < -0.4 is 10.6 Å². The molecular weight excluding hydrogens is 396 g/mol. The second-order valence-electron chi connectivity index (χ2n) is 7.48. The molecule has 0 aliphatic rings. The third-order valence-corrected chi connectivity index (χ3v) is 6.53. The molecule has 0 saturated heterocycles. The Labute approximate surface area is 178 Å². The zero-order chi connectivity index (χ0) is 21.7. The van der Waals surface area contributed by atoms with Crippen LogP contribution >= 0.6 is 0 Å². The van der Waals surface area contributed by atoms with Gasteiger partial charge in [0, 0.05) is 43.5 Å². The Hall–Kier alpha value is -2.80. The fourth-order valence-electron chi connectivity index (χ4n) is 3.74. The third kappa shape index (κ3) is 5.02. The summed E-state index contributed by atoms with van der Waals surface area (Å²) in [6, 6.07) is 11.8. The van der Waals surface area contributed by atoms with Crippen LogP contribution in [0, 0.1) is 6.92 Å². The van der Waals surface area contributed by atoms with E-state index in [-0.39, 0.29) is 0 Å². The van der Waals surface area contributed by atoms with Crippen LogP contribution in [0.5, 0.6) is 0 Å². The van der Waals surface area contributed by atoms with Gasteiger partial charge in [0.2, 0.25) is 0 Å². The van der Waals surface area contributed by atoms with Gasteiger partial charge >= 0.3 is 0 Å². The smallest absolute Gasteiger partial charge is 0.191 e. The van der Waals surface area contributed by atoms with E-state index < -0.39 is 9.84 Å². The Bertz CT molecular complexity index is 1160. The van der Waals surface area contributed by atoms with Crippen LogP contribution in [-0.2, 0) is 29.2 Å². The molecule has 160 valence electrons. The topological polar surface area (TPSA) is 86.3 Å². The molecule has 1 heterocycles. The number of nitrogens with zero attached hydrogens (tertiary/aromatic N) is 1. The normalized spacial score (nSPS) is 12.3. The highest BCUT2D eigenvalue weighted by Crippen LogP contribution is 2.22. The van der Waals surface area contributed by atoms with Gasteiger partial charge in [-0.3, -0.25) is 4.99 Å². The van der Waals surface area contributed by atoms with Gasteiger partial charge in [-0.25, -0.2) is 8.42 Å². The minimum absolute atomic E-state index is 0.374. The molecule has 0 unspecified atom stereocenters. The van der Waals surface area contributed by atoms with Gasteiger partial charge in [-0.2, -0.15) is 0 Å². The number of aromatic amines is 1. The van der Waals surface area contributed by atoms with Crippen molar-refractivity contribution in [1.29, 1.82) is 0 Å². The average molecular weight is 427 g/mol. The first-order valence-electron chi connectivity index (χ1n) is 10.2. The molecule has 30 heavy (non-hydrogen) atoms. The number of hydrogen-bond donors (Lipinski definition) is 3. The number of sulfone groups is 1. The van der Waals surface area contributed by atoms with Gasteiger partial charge in [0.15, 0.2) is 15.8 Å². The van der Waals surface area contributed by atoms with Gasteiger partial charge in [-0.15, -0.1) is 0 Å². The summed E-state index contributed by atoms with van der Waals surface area (Å²) in [5, 5.41) is 7.92. The van der Waals surface area contributed by atoms with Gasteiger partial charge in [0.25, 0.3) is 0 Å². The quantitative estimate of drug-likeness (QED) is 0.399. The van der Waals surface area contributed by atoms with Crippen molar-refractivity contribution in [2.75, 3.05) is 19.8 Å². The lowest BCUT2D eigenvalue weighted by molar-refractivity contribution is 0.601. The lowest BCUT2D eigenvalue weighted by Gasteiger charge is -2.13. The molecule has 0 radical (unpaired) electrons. The molecule has 3 aromatic rings. The predicted octanol–water partition coefficient (Wildman–Crippen LogP) is 3.35. The fraction of sp³-hybridized carbons (Fsp3) is 0.348. The van der Waals surface area contributed by atoms with E-state index in [1.165, 1.54) is 28.3 Å². The largest absolute Gasteiger partial charge is 0.361 e. The van der Waals surface area contributed by atoms with E-state index in [2.05, 4.69) is 51.9 Å². The Morgan fingerprint density at radius 2 is 1.93 bits per heavy atom. The number of nitrogens with one attached hydrogen (secondary N) is 3. The van der Waals surface area contributed by atoms with E-state index in [0.29, 0.717) is 17.4 Å². The highest BCUT2D eigenvalue weighted by molar-refractivity contribution is 7.90. The highest BCUT2D eigenvalue weighted by Gasteiger charge is 2.11. The number of fused-ring (bicyclic) bond motifs is 1. The second kappa shape index (κ2) is 9.34. The number of para-hydroxylation sites is 1. The third-order valence-electron chi connectivity index (χ3n) is 5.28. The van der Waals surface area contributed by atoms with Crippen molar-refractivity contribution in [3.05, 3.63) is 64.8 Å². The number of guanidine groups is 1. The highest BCUT2D eigenvalue weighted by atomic mass is 32.2. The number of aryl methyl sites for hydroxylation is 2. The summed E-state index contributed by atoms with van der Waals surface area (Å²) in [7, 11) is -1.46. The summed E-state index contributed by atoms with van der Waals surface area (Å²) in [5.41, 5.74) is 5.61. The van der Waals surface area contributed by atoms with Crippen molar-refractivity contribution in [2.45, 2.75) is 38.1 Å². The molecule has 0 spiro atoms. The van der Waals surface area contributed by atoms with E-state index in [1.807, 2.05) is 19.1 Å². The molecule has 2 aromatic carbocycles. The lowest BCUT2D eigenvalue weighted by atomic mass is 10.1. The van der Waals surface area contributed by atoms with Gasteiger partial charge in [0.1, 0.15) is 0 Å². The molecule has 1 aromatic heterocycles. The van der Waals surface area contributed by atoms with Crippen molar-refractivity contribution < 1.29 is 8.42 Å². The molecule has 0 saturated carbocycles. The van der Waals surface area contributed by atoms with Crippen molar-refractivity contribution in [3.8, 4) is 0 Å². The monoisotopic (exact) mass is 426 g/mol. The maximum Gasteiger partial charge on any atom is 0.191 e. The first-order valence-corrected chi connectivity index (χ1v) is 12.0. The number of benzene rings is 2. The SMILES string of the molecule is CCc1cccc2c(CCNC(=NC)NCc3ccc(S(C)(=O)=O)c(C)c3)c[nH]c12. The molecule has 3 rings (SSSR count). The van der Waals surface area contributed by atoms with Gasteiger partial charge in [-0.1, -0.05) is 37.3 Å². The van der Waals surface area contributed by atoms with Crippen molar-refractivity contribution in [2.24, 2.45) is 4.99 Å². The summed E-state index contributed by atoms with van der Waals surface area (Å²) >= 11 is 0. The molecule has 0 bridgehead atoms. The summed E-state index contributed by atoms with van der Waals surface area (Å²) in [6.45, 7) is 5.31. The maximum absolute atomic E-state index is 11.8. The van der Waals surface area contributed by atoms with Crippen LogP contribution in [0.3, 0.4) is 0 Å². The first-order chi connectivity index (χ1) is 14.3. The predicted molar refractivity (Wildman–Crippen MR) is 124 cm³/mol. The van der Waals surface area contributed by atoms with Crippen LogP contribution in [0.25, 0.3) is 10.9 Å². The Morgan fingerprint density at radius 3 is 2.60 bits per heavy atom. The lowest BCUT2D eigenvalue weighted by Crippen LogP contribution is -2.37. The van der Waals surface area contributed by atoms with Gasteiger partial charge in [0.05, 0.1) is 4.90 Å². The van der Waals surface area contributed by atoms with Crippen LogP contribution in [0.2, 0.25) is 0 Å². The molecular formula is C23H30N4O2S. The molecule has 7 heteroatoms. The fourth-order valence-corrected chi connectivity index (χ4v) is 4.70. The first kappa shape index (κ1) is 21.9. The maximum atomic E-state index is 11.8. The summed E-state index contributed by atoms with van der Waals surface area (Å²) in [5.74, 6) is 0.717. The Balaban J connectivity index is 1.57. The zero-order valence-corrected chi connectivity index (χ0v) is 18.9. The molecule has 0 fully saturated rings. The van der Waals surface area contributed by atoms with Gasteiger partial charge in [-0.05, 0) is 48.1 Å². The molecule has 0 amide bonds. The van der Waals surface area contributed by atoms with E-state index in [9.17, 15) is 8.42 Å².